The first kappa shape index (κ1) is 12.7. The van der Waals surface area contributed by atoms with Crippen LogP contribution >= 0.6 is 0 Å². The van der Waals surface area contributed by atoms with Crippen LogP contribution in [-0.2, 0) is 6.42 Å². The standard InChI is InChI=1S/C15H21N/c1-3-4-5-6-14-7-9-15(10-8-14)13(2)11-12-16/h7-12,16H,3-6H2,1-2H3/b13-11+,16-12?. The van der Waals surface area contributed by atoms with Gasteiger partial charge in [0.05, 0.1) is 0 Å². The number of unbranched alkanes of at least 4 members (excludes halogenated alkanes) is 2. The van der Waals surface area contributed by atoms with Crippen LogP contribution in [0.25, 0.3) is 5.57 Å². The average molecular weight is 215 g/mol. The van der Waals surface area contributed by atoms with E-state index in [4.69, 9.17) is 5.41 Å². The number of allylic oxidation sites excluding steroid dienone is 2. The van der Waals surface area contributed by atoms with E-state index >= 15 is 0 Å². The van der Waals surface area contributed by atoms with E-state index in [1.54, 1.807) is 0 Å². The fourth-order valence-corrected chi connectivity index (χ4v) is 1.73. The van der Waals surface area contributed by atoms with Gasteiger partial charge in [0.1, 0.15) is 0 Å². The number of benzene rings is 1. The van der Waals surface area contributed by atoms with E-state index in [1.165, 1.54) is 43.0 Å². The number of aryl methyl sites for hydroxylation is 1. The predicted molar refractivity (Wildman–Crippen MR) is 72.1 cm³/mol. The Morgan fingerprint density at radius 1 is 1.19 bits per heavy atom. The molecule has 0 aliphatic carbocycles. The lowest BCUT2D eigenvalue weighted by Gasteiger charge is -2.04. The second-order valence-electron chi connectivity index (χ2n) is 4.17. The number of nitrogens with one attached hydrogen (secondary N) is 1. The summed E-state index contributed by atoms with van der Waals surface area (Å²) in [5.74, 6) is 0. The van der Waals surface area contributed by atoms with Gasteiger partial charge >= 0.3 is 0 Å². The van der Waals surface area contributed by atoms with E-state index < -0.39 is 0 Å². The van der Waals surface area contributed by atoms with Crippen molar-refractivity contribution < 1.29 is 0 Å². The molecule has 0 fully saturated rings. The normalized spacial score (nSPS) is 11.5. The lowest BCUT2D eigenvalue weighted by atomic mass is 10.0. The van der Waals surface area contributed by atoms with Gasteiger partial charge in [-0.25, -0.2) is 0 Å². The largest absolute Gasteiger partial charge is 0.309 e. The molecule has 1 nitrogen and oxygen atoms in total. The lowest BCUT2D eigenvalue weighted by Crippen LogP contribution is -1.87. The first-order valence-corrected chi connectivity index (χ1v) is 6.04. The molecule has 0 spiro atoms. The molecule has 0 unspecified atom stereocenters. The van der Waals surface area contributed by atoms with Crippen molar-refractivity contribution in [2.45, 2.75) is 39.5 Å². The van der Waals surface area contributed by atoms with Crippen LogP contribution < -0.4 is 0 Å². The summed E-state index contributed by atoms with van der Waals surface area (Å²) < 4.78 is 0. The van der Waals surface area contributed by atoms with E-state index in [-0.39, 0.29) is 0 Å². The van der Waals surface area contributed by atoms with Gasteiger partial charge in [-0.15, -0.1) is 0 Å². The molecule has 0 saturated carbocycles. The van der Waals surface area contributed by atoms with Crippen molar-refractivity contribution in [1.29, 1.82) is 5.41 Å². The number of hydrogen-bond acceptors (Lipinski definition) is 1. The molecule has 0 heterocycles. The zero-order valence-electron chi connectivity index (χ0n) is 10.3. The topological polar surface area (TPSA) is 23.9 Å². The van der Waals surface area contributed by atoms with Gasteiger partial charge in [0.2, 0.25) is 0 Å². The Morgan fingerprint density at radius 2 is 1.88 bits per heavy atom. The van der Waals surface area contributed by atoms with Gasteiger partial charge in [-0.2, -0.15) is 0 Å². The fraction of sp³-hybridized carbons (Fsp3) is 0.400. The summed E-state index contributed by atoms with van der Waals surface area (Å²) in [5, 5.41) is 7.04. The molecule has 1 N–H and O–H groups in total. The van der Waals surface area contributed by atoms with E-state index in [0.717, 1.165) is 5.57 Å². The van der Waals surface area contributed by atoms with Crippen molar-refractivity contribution >= 4 is 11.8 Å². The highest BCUT2D eigenvalue weighted by atomic mass is 14.3. The molecular weight excluding hydrogens is 194 g/mol. The third kappa shape index (κ3) is 4.01. The zero-order valence-corrected chi connectivity index (χ0v) is 10.3. The Morgan fingerprint density at radius 3 is 2.44 bits per heavy atom. The minimum atomic E-state index is 1.15. The Labute approximate surface area is 98.7 Å². The molecule has 0 radical (unpaired) electrons. The van der Waals surface area contributed by atoms with E-state index in [1.807, 2.05) is 13.0 Å². The van der Waals surface area contributed by atoms with Crippen molar-refractivity contribution in [3.63, 3.8) is 0 Å². The molecule has 0 aliphatic heterocycles. The maximum atomic E-state index is 7.04. The monoisotopic (exact) mass is 215 g/mol. The second kappa shape index (κ2) is 7.00. The van der Waals surface area contributed by atoms with Gasteiger partial charge < -0.3 is 5.41 Å². The van der Waals surface area contributed by atoms with Crippen molar-refractivity contribution in [2.75, 3.05) is 0 Å². The summed E-state index contributed by atoms with van der Waals surface area (Å²) >= 11 is 0. The Hall–Kier alpha value is -1.37. The van der Waals surface area contributed by atoms with Crippen molar-refractivity contribution in [3.05, 3.63) is 41.5 Å². The molecule has 0 saturated heterocycles. The quantitative estimate of drug-likeness (QED) is 0.534. The summed E-state index contributed by atoms with van der Waals surface area (Å²) in [4.78, 5) is 0. The highest BCUT2D eigenvalue weighted by Gasteiger charge is 1.96. The van der Waals surface area contributed by atoms with Crippen LogP contribution in [0.5, 0.6) is 0 Å². The molecule has 0 bridgehead atoms. The highest BCUT2D eigenvalue weighted by Crippen LogP contribution is 2.15. The van der Waals surface area contributed by atoms with Gasteiger partial charge in [0.15, 0.2) is 0 Å². The number of hydrogen-bond donors (Lipinski definition) is 1. The predicted octanol–water partition coefficient (Wildman–Crippen LogP) is 4.47. The molecule has 0 amide bonds. The maximum absolute atomic E-state index is 7.04. The summed E-state index contributed by atoms with van der Waals surface area (Å²) in [6, 6.07) is 8.70. The van der Waals surface area contributed by atoms with Crippen molar-refractivity contribution in [2.24, 2.45) is 0 Å². The second-order valence-corrected chi connectivity index (χ2v) is 4.17. The molecule has 1 heteroatoms. The van der Waals surface area contributed by atoms with Crippen LogP contribution in [0.15, 0.2) is 30.3 Å². The van der Waals surface area contributed by atoms with Gasteiger partial charge in [-0.05, 0) is 42.5 Å². The van der Waals surface area contributed by atoms with Gasteiger partial charge in [-0.1, -0.05) is 44.0 Å². The molecule has 0 aromatic heterocycles. The first-order valence-electron chi connectivity index (χ1n) is 6.04. The molecule has 0 atom stereocenters. The first-order chi connectivity index (χ1) is 7.77. The van der Waals surface area contributed by atoms with Gasteiger partial charge in [-0.3, -0.25) is 0 Å². The molecular formula is C15H21N. The van der Waals surface area contributed by atoms with Crippen LogP contribution in [0.3, 0.4) is 0 Å². The Bertz CT molecular complexity index is 346. The van der Waals surface area contributed by atoms with Crippen LogP contribution in [-0.4, -0.2) is 6.21 Å². The summed E-state index contributed by atoms with van der Waals surface area (Å²) in [6.45, 7) is 4.27. The van der Waals surface area contributed by atoms with Crippen molar-refractivity contribution in [1.82, 2.24) is 0 Å². The molecule has 0 aliphatic rings. The van der Waals surface area contributed by atoms with E-state index in [0.29, 0.717) is 0 Å². The van der Waals surface area contributed by atoms with Crippen molar-refractivity contribution in [3.8, 4) is 0 Å². The van der Waals surface area contributed by atoms with Gasteiger partial charge in [0, 0.05) is 6.21 Å². The smallest absolute Gasteiger partial charge is 0.0180 e. The molecule has 1 aromatic carbocycles. The highest BCUT2D eigenvalue weighted by molar-refractivity contribution is 5.81. The minimum absolute atomic E-state index is 1.15. The SMILES string of the molecule is CCCCCc1ccc(/C(C)=C/C=N)cc1. The molecule has 1 aromatic rings. The number of rotatable bonds is 6. The minimum Gasteiger partial charge on any atom is -0.309 e. The molecule has 1 rings (SSSR count). The average Bonchev–Trinajstić information content (AvgIpc) is 2.30. The van der Waals surface area contributed by atoms with Gasteiger partial charge in [0.25, 0.3) is 0 Å². The van der Waals surface area contributed by atoms with Crippen LogP contribution in [0.2, 0.25) is 0 Å². The fourth-order valence-electron chi connectivity index (χ4n) is 1.73. The third-order valence-corrected chi connectivity index (χ3v) is 2.81. The van der Waals surface area contributed by atoms with Crippen LogP contribution in [0, 0.1) is 5.41 Å². The maximum Gasteiger partial charge on any atom is 0.0180 e. The van der Waals surface area contributed by atoms with E-state index in [9.17, 15) is 0 Å². The third-order valence-electron chi connectivity index (χ3n) is 2.81. The van der Waals surface area contributed by atoms with E-state index in [2.05, 4.69) is 31.2 Å². The van der Waals surface area contributed by atoms with Crippen LogP contribution in [0.4, 0.5) is 0 Å². The molecule has 16 heavy (non-hydrogen) atoms. The molecule has 86 valence electrons. The summed E-state index contributed by atoms with van der Waals surface area (Å²) in [7, 11) is 0. The summed E-state index contributed by atoms with van der Waals surface area (Å²) in [5.41, 5.74) is 3.78. The Balaban J connectivity index is 2.60. The lowest BCUT2D eigenvalue weighted by molar-refractivity contribution is 0.717. The Kier molecular flexibility index (Phi) is 5.55. The van der Waals surface area contributed by atoms with Crippen LogP contribution in [0.1, 0.15) is 44.2 Å². The summed E-state index contributed by atoms with van der Waals surface area (Å²) in [6.07, 6.45) is 8.22. The zero-order chi connectivity index (χ0) is 11.8.